The molecule has 1 amide bonds. The molecule has 1 aromatic rings. The monoisotopic (exact) mass is 252 g/mol. The molecule has 1 aliphatic rings. The van der Waals surface area contributed by atoms with Crippen LogP contribution < -0.4 is 0 Å². The molecule has 2 rings (SSSR count). The fourth-order valence-corrected chi connectivity index (χ4v) is 1.95. The maximum absolute atomic E-state index is 12.0. The van der Waals surface area contributed by atoms with Gasteiger partial charge in [0.1, 0.15) is 6.54 Å². The summed E-state index contributed by atoms with van der Waals surface area (Å²) in [7, 11) is 0. The topological polar surface area (TPSA) is 88.3 Å². The zero-order valence-electron chi connectivity index (χ0n) is 10.5. The second kappa shape index (κ2) is 4.75. The highest BCUT2D eigenvalue weighted by Gasteiger charge is 2.31. The summed E-state index contributed by atoms with van der Waals surface area (Å²) in [6.45, 7) is 4.26. The lowest BCUT2D eigenvalue weighted by Gasteiger charge is -2.20. The van der Waals surface area contributed by atoms with E-state index in [0.29, 0.717) is 18.3 Å². The highest BCUT2D eigenvalue weighted by molar-refractivity contribution is 5.86. The van der Waals surface area contributed by atoms with Crippen molar-refractivity contribution in [2.45, 2.75) is 39.3 Å². The summed E-state index contributed by atoms with van der Waals surface area (Å²) in [6.07, 6.45) is 2.10. The van der Waals surface area contributed by atoms with Crippen molar-refractivity contribution in [3.8, 4) is 0 Å². The van der Waals surface area contributed by atoms with E-state index in [9.17, 15) is 9.59 Å². The Hall–Kier alpha value is -1.92. The van der Waals surface area contributed by atoms with Crippen molar-refractivity contribution < 1.29 is 14.7 Å². The number of carboxylic acids is 1. The molecule has 7 heteroatoms. The lowest BCUT2D eigenvalue weighted by molar-refractivity contribution is -0.132. The highest BCUT2D eigenvalue weighted by atomic mass is 16.4. The molecule has 18 heavy (non-hydrogen) atoms. The van der Waals surface area contributed by atoms with Crippen molar-refractivity contribution in [1.29, 1.82) is 0 Å². The molecule has 0 unspecified atom stereocenters. The van der Waals surface area contributed by atoms with Crippen LogP contribution >= 0.6 is 0 Å². The van der Waals surface area contributed by atoms with Gasteiger partial charge in [0.25, 0.3) is 0 Å². The molecule has 0 spiro atoms. The van der Waals surface area contributed by atoms with Gasteiger partial charge in [-0.1, -0.05) is 5.21 Å². The van der Waals surface area contributed by atoms with Gasteiger partial charge in [-0.05, 0) is 26.7 Å². The predicted molar refractivity (Wildman–Crippen MR) is 62.1 cm³/mol. The number of carboxylic acid groups (broad SMARTS) is 1. The van der Waals surface area contributed by atoms with Crippen LogP contribution in [0, 0.1) is 6.92 Å². The average molecular weight is 252 g/mol. The summed E-state index contributed by atoms with van der Waals surface area (Å²) in [5.74, 6) is -1.16. The summed E-state index contributed by atoms with van der Waals surface area (Å²) in [5, 5.41) is 16.1. The normalized spacial score (nSPS) is 14.6. The summed E-state index contributed by atoms with van der Waals surface area (Å²) in [5.41, 5.74) is 0.306. The van der Waals surface area contributed by atoms with Crippen molar-refractivity contribution in [3.05, 3.63) is 11.4 Å². The van der Waals surface area contributed by atoms with Crippen LogP contribution in [0.25, 0.3) is 0 Å². The van der Waals surface area contributed by atoms with Crippen molar-refractivity contribution in [1.82, 2.24) is 19.9 Å². The SMILES string of the molecule is CCN(C(=O)Cn1nnc(C(=O)O)c1C)C1CC1. The van der Waals surface area contributed by atoms with Crippen LogP contribution in [0.2, 0.25) is 0 Å². The molecule has 1 saturated carbocycles. The van der Waals surface area contributed by atoms with Gasteiger partial charge in [-0.3, -0.25) is 4.79 Å². The number of hydrogen-bond acceptors (Lipinski definition) is 4. The van der Waals surface area contributed by atoms with E-state index in [1.807, 2.05) is 11.8 Å². The molecular formula is C11H16N4O3. The molecule has 7 nitrogen and oxygen atoms in total. The van der Waals surface area contributed by atoms with Gasteiger partial charge < -0.3 is 10.0 Å². The number of carbonyl (C=O) groups excluding carboxylic acids is 1. The molecule has 98 valence electrons. The Balaban J connectivity index is 2.09. The van der Waals surface area contributed by atoms with E-state index in [4.69, 9.17) is 5.11 Å². The van der Waals surface area contributed by atoms with Gasteiger partial charge in [0.15, 0.2) is 5.69 Å². The van der Waals surface area contributed by atoms with Gasteiger partial charge >= 0.3 is 5.97 Å². The highest BCUT2D eigenvalue weighted by Crippen LogP contribution is 2.26. The molecule has 0 aliphatic heterocycles. The summed E-state index contributed by atoms with van der Waals surface area (Å²) < 4.78 is 1.34. The molecule has 1 aromatic heterocycles. The summed E-state index contributed by atoms with van der Waals surface area (Å²) >= 11 is 0. The van der Waals surface area contributed by atoms with Gasteiger partial charge in [0.05, 0.1) is 5.69 Å². The van der Waals surface area contributed by atoms with Crippen LogP contribution in [-0.2, 0) is 11.3 Å². The van der Waals surface area contributed by atoms with Gasteiger partial charge in [-0.25, -0.2) is 9.48 Å². The van der Waals surface area contributed by atoms with Gasteiger partial charge in [0, 0.05) is 12.6 Å². The zero-order valence-corrected chi connectivity index (χ0v) is 10.5. The molecule has 0 bridgehead atoms. The van der Waals surface area contributed by atoms with Crippen LogP contribution in [0.4, 0.5) is 0 Å². The van der Waals surface area contributed by atoms with E-state index in [0.717, 1.165) is 12.8 Å². The van der Waals surface area contributed by atoms with Crippen molar-refractivity contribution in [2.75, 3.05) is 6.54 Å². The third-order valence-electron chi connectivity index (χ3n) is 3.12. The maximum atomic E-state index is 12.0. The number of hydrogen-bond donors (Lipinski definition) is 1. The Morgan fingerprint density at radius 1 is 1.50 bits per heavy atom. The maximum Gasteiger partial charge on any atom is 0.358 e. The molecular weight excluding hydrogens is 236 g/mol. The van der Waals surface area contributed by atoms with Crippen LogP contribution in [0.15, 0.2) is 0 Å². The standard InChI is InChI=1S/C11H16N4O3/c1-3-14(8-4-5-8)9(16)6-15-7(2)10(11(17)18)12-13-15/h8H,3-6H2,1-2H3,(H,17,18). The Morgan fingerprint density at radius 3 is 2.61 bits per heavy atom. The van der Waals surface area contributed by atoms with Crippen molar-refractivity contribution in [2.24, 2.45) is 0 Å². The molecule has 0 aromatic carbocycles. The van der Waals surface area contributed by atoms with E-state index < -0.39 is 5.97 Å². The first-order chi connectivity index (χ1) is 8.54. The van der Waals surface area contributed by atoms with E-state index in [1.54, 1.807) is 6.92 Å². The first kappa shape index (κ1) is 12.5. The molecule has 1 N–H and O–H groups in total. The number of rotatable bonds is 5. The minimum absolute atomic E-state index is 0.0371. The first-order valence-corrected chi connectivity index (χ1v) is 5.97. The minimum atomic E-state index is -1.12. The Labute approximate surface area is 104 Å². The quantitative estimate of drug-likeness (QED) is 0.814. The predicted octanol–water partition coefficient (Wildman–Crippen LogP) is 0.296. The number of likely N-dealkylation sites (N-methyl/N-ethyl adjacent to an activating group) is 1. The van der Waals surface area contributed by atoms with Crippen LogP contribution in [-0.4, -0.2) is 49.5 Å². The lowest BCUT2D eigenvalue weighted by Crippen LogP contribution is -2.36. The second-order valence-corrected chi connectivity index (χ2v) is 4.40. The molecule has 0 atom stereocenters. The first-order valence-electron chi connectivity index (χ1n) is 5.97. The largest absolute Gasteiger partial charge is 0.476 e. The van der Waals surface area contributed by atoms with Crippen LogP contribution in [0.3, 0.4) is 0 Å². The molecule has 1 fully saturated rings. The Bertz CT molecular complexity index is 479. The number of nitrogens with zero attached hydrogens (tertiary/aromatic N) is 4. The van der Waals surface area contributed by atoms with Crippen LogP contribution in [0.1, 0.15) is 35.9 Å². The zero-order chi connectivity index (χ0) is 13.3. The van der Waals surface area contributed by atoms with Crippen LogP contribution in [0.5, 0.6) is 0 Å². The third-order valence-corrected chi connectivity index (χ3v) is 3.12. The number of aromatic carboxylic acids is 1. The molecule has 0 radical (unpaired) electrons. The second-order valence-electron chi connectivity index (χ2n) is 4.40. The molecule has 0 saturated heterocycles. The van der Waals surface area contributed by atoms with E-state index in [-0.39, 0.29) is 18.1 Å². The lowest BCUT2D eigenvalue weighted by atomic mass is 10.3. The minimum Gasteiger partial charge on any atom is -0.476 e. The van der Waals surface area contributed by atoms with Crippen molar-refractivity contribution >= 4 is 11.9 Å². The molecule has 1 heterocycles. The van der Waals surface area contributed by atoms with E-state index >= 15 is 0 Å². The fraction of sp³-hybridized carbons (Fsp3) is 0.636. The van der Waals surface area contributed by atoms with Gasteiger partial charge in [0.2, 0.25) is 5.91 Å². The number of amides is 1. The Kier molecular flexibility index (Phi) is 3.31. The summed E-state index contributed by atoms with van der Waals surface area (Å²) in [6, 6.07) is 0.352. The van der Waals surface area contributed by atoms with Crippen molar-refractivity contribution in [3.63, 3.8) is 0 Å². The average Bonchev–Trinajstić information content (AvgIpc) is 3.06. The summed E-state index contributed by atoms with van der Waals surface area (Å²) in [4.78, 5) is 24.7. The van der Waals surface area contributed by atoms with E-state index in [2.05, 4.69) is 10.3 Å². The van der Waals surface area contributed by atoms with Gasteiger partial charge in [-0.2, -0.15) is 0 Å². The van der Waals surface area contributed by atoms with Gasteiger partial charge in [-0.15, -0.1) is 5.10 Å². The molecule has 1 aliphatic carbocycles. The number of carbonyl (C=O) groups is 2. The van der Waals surface area contributed by atoms with E-state index in [1.165, 1.54) is 4.68 Å². The Morgan fingerprint density at radius 2 is 2.17 bits per heavy atom. The number of aromatic nitrogens is 3. The fourth-order valence-electron chi connectivity index (χ4n) is 1.95. The smallest absolute Gasteiger partial charge is 0.358 e. The third kappa shape index (κ3) is 2.34.